The molecule has 0 aromatic carbocycles. The SMILES string of the molecule is C.CCCCCCCCCCCCCC.[CH3-].[Y]. The van der Waals surface area contributed by atoms with Crippen LogP contribution < -0.4 is 0 Å². The fraction of sp³-hybridized carbons (Fsp3) is 0.938. The Morgan fingerprint density at radius 2 is 0.647 bits per heavy atom. The van der Waals surface area contributed by atoms with E-state index in [1.54, 1.807) is 0 Å². The van der Waals surface area contributed by atoms with Gasteiger partial charge < -0.3 is 7.43 Å². The first-order chi connectivity index (χ1) is 6.91. The van der Waals surface area contributed by atoms with Gasteiger partial charge in [-0.15, -0.1) is 0 Å². The van der Waals surface area contributed by atoms with E-state index in [9.17, 15) is 0 Å². The molecule has 0 unspecified atom stereocenters. The first-order valence-electron chi connectivity index (χ1n) is 6.91. The van der Waals surface area contributed by atoms with E-state index in [0.717, 1.165) is 0 Å². The fourth-order valence-corrected chi connectivity index (χ4v) is 1.91. The molecule has 0 fully saturated rings. The van der Waals surface area contributed by atoms with Crippen LogP contribution in [0.3, 0.4) is 0 Å². The second-order valence-corrected chi connectivity index (χ2v) is 4.54. The van der Waals surface area contributed by atoms with Crippen LogP contribution in [0, 0.1) is 7.43 Å². The summed E-state index contributed by atoms with van der Waals surface area (Å²) in [5.41, 5.74) is 0. The summed E-state index contributed by atoms with van der Waals surface area (Å²) in [6.07, 6.45) is 17.4. The largest absolute Gasteiger partial charge is 0.358 e. The van der Waals surface area contributed by atoms with Gasteiger partial charge in [-0.2, -0.15) is 0 Å². The zero-order valence-corrected chi connectivity index (χ0v) is 14.9. The molecular weight excluding hydrogens is 281 g/mol. The van der Waals surface area contributed by atoms with E-state index in [1.165, 1.54) is 77.0 Å². The molecule has 0 aliphatic rings. The van der Waals surface area contributed by atoms with Gasteiger partial charge in [-0.1, -0.05) is 98.3 Å². The predicted octanol–water partition coefficient (Wildman–Crippen LogP) is 6.79. The summed E-state index contributed by atoms with van der Waals surface area (Å²) in [4.78, 5) is 0. The summed E-state index contributed by atoms with van der Waals surface area (Å²) in [5, 5.41) is 0. The Morgan fingerprint density at radius 3 is 0.824 bits per heavy atom. The molecule has 0 aromatic heterocycles. The first-order valence-corrected chi connectivity index (χ1v) is 6.91. The van der Waals surface area contributed by atoms with Crippen LogP contribution in [0.4, 0.5) is 0 Å². The number of hydrogen-bond acceptors (Lipinski definition) is 0. The summed E-state index contributed by atoms with van der Waals surface area (Å²) in [6.45, 7) is 4.57. The molecule has 0 amide bonds. The molecule has 0 rings (SSSR count). The van der Waals surface area contributed by atoms with Crippen molar-refractivity contribution in [3.05, 3.63) is 7.43 Å². The van der Waals surface area contributed by atoms with Crippen molar-refractivity contribution < 1.29 is 32.7 Å². The maximum Gasteiger partial charge on any atom is 0 e. The van der Waals surface area contributed by atoms with Gasteiger partial charge in [0.15, 0.2) is 0 Å². The van der Waals surface area contributed by atoms with Gasteiger partial charge in [0, 0.05) is 32.7 Å². The second-order valence-electron chi connectivity index (χ2n) is 4.54. The Hall–Kier alpha value is 1.10. The quantitative estimate of drug-likeness (QED) is 0.290. The number of unbranched alkanes of at least 4 members (excludes halogenated alkanes) is 11. The molecular formula is C16H37Y-. The van der Waals surface area contributed by atoms with E-state index in [4.69, 9.17) is 0 Å². The first kappa shape index (κ1) is 26.6. The third-order valence-electron chi connectivity index (χ3n) is 2.96. The fourth-order valence-electron chi connectivity index (χ4n) is 1.91. The topological polar surface area (TPSA) is 0 Å². The summed E-state index contributed by atoms with van der Waals surface area (Å²) in [5.74, 6) is 0. The molecule has 0 atom stereocenters. The van der Waals surface area contributed by atoms with E-state index >= 15 is 0 Å². The van der Waals surface area contributed by atoms with E-state index in [1.807, 2.05) is 0 Å². The van der Waals surface area contributed by atoms with Crippen LogP contribution in [-0.2, 0) is 32.7 Å². The molecule has 1 radical (unpaired) electrons. The Bertz CT molecular complexity index is 79.5. The Morgan fingerprint density at radius 1 is 0.471 bits per heavy atom. The minimum absolute atomic E-state index is 0. The van der Waals surface area contributed by atoms with Crippen molar-refractivity contribution in [2.24, 2.45) is 0 Å². The summed E-state index contributed by atoms with van der Waals surface area (Å²) in [6, 6.07) is 0. The molecule has 0 N–H and O–H groups in total. The third-order valence-corrected chi connectivity index (χ3v) is 2.96. The average molecular weight is 318 g/mol. The van der Waals surface area contributed by atoms with Crippen molar-refractivity contribution in [3.8, 4) is 0 Å². The van der Waals surface area contributed by atoms with Gasteiger partial charge in [0.1, 0.15) is 0 Å². The molecule has 105 valence electrons. The Kier molecular flexibility index (Phi) is 40.5. The number of hydrogen-bond donors (Lipinski definition) is 0. The molecule has 1 heteroatoms. The van der Waals surface area contributed by atoms with E-state index < -0.39 is 0 Å². The summed E-state index contributed by atoms with van der Waals surface area (Å²) in [7, 11) is 0. The van der Waals surface area contributed by atoms with Crippen molar-refractivity contribution >= 4 is 0 Å². The molecule has 0 aliphatic heterocycles. The molecule has 0 saturated heterocycles. The van der Waals surface area contributed by atoms with Crippen LogP contribution in [0.15, 0.2) is 0 Å². The maximum absolute atomic E-state index is 2.29. The Balaban J connectivity index is -0.000000282. The van der Waals surface area contributed by atoms with E-state index in [-0.39, 0.29) is 47.6 Å². The normalized spacial score (nSPS) is 8.82. The zero-order valence-electron chi connectivity index (χ0n) is 12.1. The monoisotopic (exact) mass is 318 g/mol. The molecule has 0 heterocycles. The minimum atomic E-state index is 0. The van der Waals surface area contributed by atoms with Gasteiger partial charge >= 0.3 is 0 Å². The van der Waals surface area contributed by atoms with Crippen LogP contribution in [0.2, 0.25) is 0 Å². The van der Waals surface area contributed by atoms with Crippen LogP contribution in [-0.4, -0.2) is 0 Å². The third kappa shape index (κ3) is 26.6. The molecule has 0 saturated carbocycles. The van der Waals surface area contributed by atoms with Gasteiger partial charge in [-0.05, 0) is 0 Å². The van der Waals surface area contributed by atoms with Crippen LogP contribution in [0.5, 0.6) is 0 Å². The zero-order chi connectivity index (χ0) is 10.5. The minimum Gasteiger partial charge on any atom is -0.358 e. The van der Waals surface area contributed by atoms with Gasteiger partial charge in [0.05, 0.1) is 0 Å². The average Bonchev–Trinajstić information content (AvgIpc) is 2.21. The van der Waals surface area contributed by atoms with Crippen molar-refractivity contribution in [3.63, 3.8) is 0 Å². The molecule has 0 aromatic rings. The molecule has 0 spiro atoms. The van der Waals surface area contributed by atoms with Crippen LogP contribution >= 0.6 is 0 Å². The molecule has 17 heavy (non-hydrogen) atoms. The summed E-state index contributed by atoms with van der Waals surface area (Å²) >= 11 is 0. The van der Waals surface area contributed by atoms with Crippen molar-refractivity contribution in [2.45, 2.75) is 98.3 Å². The van der Waals surface area contributed by atoms with Crippen molar-refractivity contribution in [1.29, 1.82) is 0 Å². The van der Waals surface area contributed by atoms with Gasteiger partial charge in [-0.3, -0.25) is 0 Å². The van der Waals surface area contributed by atoms with E-state index in [2.05, 4.69) is 13.8 Å². The molecule has 0 bridgehead atoms. The van der Waals surface area contributed by atoms with Gasteiger partial charge in [0.25, 0.3) is 0 Å². The van der Waals surface area contributed by atoms with Crippen LogP contribution in [0.25, 0.3) is 0 Å². The van der Waals surface area contributed by atoms with E-state index in [0.29, 0.717) is 0 Å². The number of rotatable bonds is 11. The molecule has 0 nitrogen and oxygen atoms in total. The smallest absolute Gasteiger partial charge is 0 e. The van der Waals surface area contributed by atoms with Crippen molar-refractivity contribution in [1.82, 2.24) is 0 Å². The maximum atomic E-state index is 2.29. The summed E-state index contributed by atoms with van der Waals surface area (Å²) < 4.78 is 0. The van der Waals surface area contributed by atoms with Gasteiger partial charge in [0.2, 0.25) is 0 Å². The Labute approximate surface area is 138 Å². The second kappa shape index (κ2) is 25.8. The standard InChI is InChI=1S/C14H30.CH4.CH3.Y/c1-3-5-7-9-11-13-14-12-10-8-6-4-2;;;/h3-14H2,1-2H3;1H4;1H3;/q;;-1;. The van der Waals surface area contributed by atoms with Crippen molar-refractivity contribution in [2.75, 3.05) is 0 Å². The molecule has 0 aliphatic carbocycles. The van der Waals surface area contributed by atoms with Crippen LogP contribution in [0.1, 0.15) is 98.3 Å². The predicted molar refractivity (Wildman–Crippen MR) is 79.9 cm³/mol. The van der Waals surface area contributed by atoms with Gasteiger partial charge in [-0.25, -0.2) is 0 Å².